The van der Waals surface area contributed by atoms with Crippen LogP contribution in [0.3, 0.4) is 0 Å². The molecule has 13 heteroatoms. The molecule has 0 bridgehead atoms. The van der Waals surface area contributed by atoms with Crippen molar-refractivity contribution in [3.63, 3.8) is 0 Å². The van der Waals surface area contributed by atoms with Crippen LogP contribution < -0.4 is 5.32 Å². The lowest BCUT2D eigenvalue weighted by Crippen LogP contribution is -2.64. The van der Waals surface area contributed by atoms with Crippen molar-refractivity contribution in [1.82, 2.24) is 5.32 Å². The maximum atomic E-state index is 13.0. The van der Waals surface area contributed by atoms with E-state index >= 15 is 0 Å². The number of unbranched alkanes of at least 4 members (excludes halogenated alkanes) is 1. The van der Waals surface area contributed by atoms with E-state index in [1.165, 1.54) is 6.92 Å². The van der Waals surface area contributed by atoms with Gasteiger partial charge < -0.3 is 5.32 Å². The van der Waals surface area contributed by atoms with Gasteiger partial charge in [-0.15, -0.1) is 13.2 Å². The minimum atomic E-state index is -7.02. The molecule has 0 spiro atoms. The van der Waals surface area contributed by atoms with E-state index in [4.69, 9.17) is 4.55 Å². The fourth-order valence-electron chi connectivity index (χ4n) is 1.42. The van der Waals surface area contributed by atoms with Gasteiger partial charge in [0.05, 0.1) is 0 Å². The first-order valence-electron chi connectivity index (χ1n) is 7.38. The Bertz CT molecular complexity index is 571. The highest BCUT2D eigenvalue weighted by Crippen LogP contribution is 2.55. The van der Waals surface area contributed by atoms with Crippen molar-refractivity contribution in [3.8, 4) is 0 Å². The van der Waals surface area contributed by atoms with Gasteiger partial charge in [0.25, 0.3) is 0 Å². The molecule has 0 saturated heterocycles. The molecule has 2 N–H and O–H groups in total. The van der Waals surface area contributed by atoms with E-state index in [1.807, 2.05) is 12.2 Å². The van der Waals surface area contributed by atoms with Crippen LogP contribution in [-0.4, -0.2) is 49.1 Å². The van der Waals surface area contributed by atoms with Crippen LogP contribution in [-0.2, 0) is 10.1 Å². The predicted molar refractivity (Wildman–Crippen MR) is 84.1 cm³/mol. The predicted octanol–water partition coefficient (Wildman–Crippen LogP) is 4.51. The molecule has 0 saturated carbocycles. The fraction of sp³-hybridized carbons (Fsp3) is 0.714. The Morgan fingerprint density at radius 1 is 0.926 bits per heavy atom. The highest BCUT2D eigenvalue weighted by Gasteiger charge is 2.83. The second-order valence-corrected chi connectivity index (χ2v) is 6.65. The summed E-state index contributed by atoms with van der Waals surface area (Å²) in [6, 6.07) is 0. The van der Waals surface area contributed by atoms with E-state index < -0.39 is 46.0 Å². The lowest BCUT2D eigenvalue weighted by molar-refractivity contribution is -0.349. The molecule has 0 aromatic rings. The van der Waals surface area contributed by atoms with Crippen molar-refractivity contribution in [1.29, 1.82) is 0 Å². The second-order valence-electron chi connectivity index (χ2n) is 5.18. The molecule has 0 aliphatic heterocycles. The van der Waals surface area contributed by atoms with E-state index in [0.29, 0.717) is 0 Å². The first kappa shape index (κ1) is 28.0. The number of nitrogens with one attached hydrogen (secondary N) is 1. The van der Waals surface area contributed by atoms with E-state index in [2.05, 4.69) is 18.5 Å². The molecule has 0 aliphatic carbocycles. The van der Waals surface area contributed by atoms with Crippen LogP contribution in [0.4, 0.5) is 35.1 Å². The molecule has 0 radical (unpaired) electrons. The van der Waals surface area contributed by atoms with Crippen LogP contribution in [0.25, 0.3) is 0 Å². The smallest absolute Gasteiger partial charge is 0.310 e. The van der Waals surface area contributed by atoms with Gasteiger partial charge in [0, 0.05) is 19.5 Å². The maximum Gasteiger partial charge on any atom is 0.438 e. The Balaban J connectivity index is 0. The molecule has 4 nitrogen and oxygen atoms in total. The zero-order chi connectivity index (χ0) is 22.2. The molecule has 27 heavy (non-hydrogen) atoms. The monoisotopic (exact) mass is 435 g/mol. The molecular formula is C14H21F8NO3S. The van der Waals surface area contributed by atoms with E-state index in [-0.39, 0.29) is 6.42 Å². The Labute approximate surface area is 152 Å². The van der Waals surface area contributed by atoms with Gasteiger partial charge in [-0.2, -0.15) is 43.5 Å². The molecule has 0 aromatic heterocycles. The van der Waals surface area contributed by atoms with Gasteiger partial charge in [-0.3, -0.25) is 4.55 Å². The summed E-state index contributed by atoms with van der Waals surface area (Å²) in [4.78, 5) is 0. The zero-order valence-corrected chi connectivity index (χ0v) is 15.1. The molecule has 0 rings (SSSR count). The Kier molecular flexibility index (Phi) is 10.8. The molecule has 0 fully saturated rings. The SMILES string of the molecule is C=CCNCC=C.CCCCC(F)(F)C(F)(F)C(F)(F)C(F)(F)S(=O)(=O)O. The summed E-state index contributed by atoms with van der Waals surface area (Å²) in [6.45, 7) is 10.1. The Hall–Kier alpha value is -1.21. The number of hydrogen-bond donors (Lipinski definition) is 2. The summed E-state index contributed by atoms with van der Waals surface area (Å²) in [5.74, 6) is -19.3. The minimum absolute atomic E-state index is 0.119. The van der Waals surface area contributed by atoms with Gasteiger partial charge in [0.1, 0.15) is 0 Å². The van der Waals surface area contributed by atoms with Gasteiger partial charge in [-0.05, 0) is 6.42 Å². The third kappa shape index (κ3) is 6.71. The Morgan fingerprint density at radius 2 is 1.33 bits per heavy atom. The summed E-state index contributed by atoms with van der Waals surface area (Å²) in [6.07, 6.45) is 0.989. The molecule has 162 valence electrons. The largest absolute Gasteiger partial charge is 0.438 e. The number of hydrogen-bond acceptors (Lipinski definition) is 3. The maximum absolute atomic E-state index is 13.0. The molecule has 0 aromatic carbocycles. The number of rotatable bonds is 11. The van der Waals surface area contributed by atoms with Crippen molar-refractivity contribution in [2.24, 2.45) is 0 Å². The van der Waals surface area contributed by atoms with Crippen LogP contribution in [0, 0.1) is 0 Å². The molecule has 0 aliphatic rings. The second kappa shape index (κ2) is 10.4. The lowest BCUT2D eigenvalue weighted by Gasteiger charge is -2.35. The third-order valence-electron chi connectivity index (χ3n) is 2.96. The highest BCUT2D eigenvalue weighted by molar-refractivity contribution is 7.87. The highest BCUT2D eigenvalue weighted by atomic mass is 32.2. The lowest BCUT2D eigenvalue weighted by atomic mass is 9.99. The van der Waals surface area contributed by atoms with Gasteiger partial charge >= 0.3 is 33.1 Å². The first-order chi connectivity index (χ1) is 12.0. The van der Waals surface area contributed by atoms with Gasteiger partial charge in [0.15, 0.2) is 0 Å². The van der Waals surface area contributed by atoms with Crippen molar-refractivity contribution < 1.29 is 48.1 Å². The first-order valence-corrected chi connectivity index (χ1v) is 8.82. The third-order valence-corrected chi connectivity index (χ3v) is 3.87. The van der Waals surface area contributed by atoms with Crippen LogP contribution in [0.2, 0.25) is 0 Å². The van der Waals surface area contributed by atoms with Crippen molar-refractivity contribution >= 4 is 10.1 Å². The summed E-state index contributed by atoms with van der Waals surface area (Å²) < 4.78 is 131. The molecule has 0 heterocycles. The van der Waals surface area contributed by atoms with Crippen LogP contribution in [0.1, 0.15) is 26.2 Å². The average Bonchev–Trinajstić information content (AvgIpc) is 2.52. The number of alkyl halides is 8. The molecule has 0 atom stereocenters. The van der Waals surface area contributed by atoms with Crippen molar-refractivity contribution in [2.45, 2.75) is 49.2 Å². The van der Waals surface area contributed by atoms with Gasteiger partial charge in [0.2, 0.25) is 0 Å². The summed E-state index contributed by atoms with van der Waals surface area (Å²) >= 11 is 0. The van der Waals surface area contributed by atoms with Crippen LogP contribution >= 0.6 is 0 Å². The molecular weight excluding hydrogens is 414 g/mol. The molecule has 0 unspecified atom stereocenters. The summed E-state index contributed by atoms with van der Waals surface area (Å²) in [5, 5.41) is -3.72. The standard InChI is InChI=1S/C8H10F8O3S.C6H11N/c1-2-3-4-5(9,10)6(11,12)7(13,14)8(15,16)20(17,18)19;1-3-5-7-6-4-2/h2-4H2,1H3,(H,17,18,19);3-4,7H,1-2,5-6H2. The average molecular weight is 435 g/mol. The quantitative estimate of drug-likeness (QED) is 0.217. The van der Waals surface area contributed by atoms with Gasteiger partial charge in [-0.1, -0.05) is 25.5 Å². The summed E-state index contributed by atoms with van der Waals surface area (Å²) in [7, 11) is -7.02. The normalized spacial score (nSPS) is 13.6. The van der Waals surface area contributed by atoms with Crippen LogP contribution in [0.5, 0.6) is 0 Å². The summed E-state index contributed by atoms with van der Waals surface area (Å²) in [5.41, 5.74) is 0. The van der Waals surface area contributed by atoms with E-state index in [0.717, 1.165) is 13.1 Å². The number of halogens is 8. The fourth-order valence-corrected chi connectivity index (χ4v) is 1.87. The van der Waals surface area contributed by atoms with Crippen molar-refractivity contribution in [3.05, 3.63) is 25.3 Å². The van der Waals surface area contributed by atoms with Crippen LogP contribution in [0.15, 0.2) is 25.3 Å². The van der Waals surface area contributed by atoms with Crippen molar-refractivity contribution in [2.75, 3.05) is 13.1 Å². The van der Waals surface area contributed by atoms with E-state index in [9.17, 15) is 43.5 Å². The molecule has 0 amide bonds. The van der Waals surface area contributed by atoms with Gasteiger partial charge in [-0.25, -0.2) is 0 Å². The minimum Gasteiger partial charge on any atom is -0.310 e. The van der Waals surface area contributed by atoms with E-state index in [1.54, 1.807) is 0 Å². The zero-order valence-electron chi connectivity index (χ0n) is 14.3. The topological polar surface area (TPSA) is 66.4 Å². The Morgan fingerprint density at radius 3 is 1.63 bits per heavy atom.